The second kappa shape index (κ2) is 3.32. The lowest BCUT2D eigenvalue weighted by molar-refractivity contribution is 0.389. The maximum atomic E-state index is 11.1. The van der Waals surface area contributed by atoms with Crippen LogP contribution >= 0.6 is 11.6 Å². The molecule has 0 bridgehead atoms. The fourth-order valence-corrected chi connectivity index (χ4v) is 1.54. The van der Waals surface area contributed by atoms with Crippen molar-refractivity contribution in [1.82, 2.24) is 4.98 Å². The maximum absolute atomic E-state index is 11.1. The number of nitrogens with one attached hydrogen (secondary N) is 2. The molecule has 14 heavy (non-hydrogen) atoms. The van der Waals surface area contributed by atoms with Gasteiger partial charge in [0.1, 0.15) is 0 Å². The van der Waals surface area contributed by atoms with E-state index < -0.39 is 0 Å². The summed E-state index contributed by atoms with van der Waals surface area (Å²) in [7, 11) is 0. The van der Waals surface area contributed by atoms with Crippen LogP contribution in [0, 0.1) is 0 Å². The molecule has 1 heterocycles. The van der Waals surface area contributed by atoms with Crippen LogP contribution in [0.25, 0.3) is 10.9 Å². The van der Waals surface area contributed by atoms with Crippen LogP contribution in [-0.2, 0) is 0 Å². The van der Waals surface area contributed by atoms with E-state index in [1.807, 2.05) is 5.48 Å². The first-order valence-corrected chi connectivity index (χ1v) is 4.31. The van der Waals surface area contributed by atoms with Gasteiger partial charge in [0.15, 0.2) is 0 Å². The topological polar surface area (TPSA) is 65.1 Å². The van der Waals surface area contributed by atoms with Crippen molar-refractivity contribution in [2.45, 2.75) is 0 Å². The minimum atomic E-state index is -0.243. The average Bonchev–Trinajstić information content (AvgIpc) is 2.17. The van der Waals surface area contributed by atoms with Crippen molar-refractivity contribution >= 4 is 28.2 Å². The number of aromatic nitrogens is 1. The summed E-state index contributed by atoms with van der Waals surface area (Å²) in [6, 6.07) is 6.24. The standard InChI is InChI=1S/C9H7ClN2O2/c10-7-4-9(13)11-8-2-1-5(12-14)3-6(7)8/h1-4,12,14H,(H,11,13). The Hall–Kier alpha value is -1.52. The lowest BCUT2D eigenvalue weighted by Crippen LogP contribution is -2.03. The Morgan fingerprint density at radius 1 is 1.36 bits per heavy atom. The van der Waals surface area contributed by atoms with Gasteiger partial charge in [0.25, 0.3) is 0 Å². The normalized spacial score (nSPS) is 10.4. The number of anilines is 1. The molecular weight excluding hydrogens is 204 g/mol. The zero-order valence-corrected chi connectivity index (χ0v) is 7.80. The van der Waals surface area contributed by atoms with Crippen LogP contribution in [0.4, 0.5) is 5.69 Å². The number of rotatable bonds is 1. The third kappa shape index (κ3) is 1.45. The minimum absolute atomic E-state index is 0.243. The molecule has 5 heteroatoms. The van der Waals surface area contributed by atoms with Gasteiger partial charge in [-0.15, -0.1) is 0 Å². The lowest BCUT2D eigenvalue weighted by atomic mass is 10.2. The minimum Gasteiger partial charge on any atom is -0.322 e. The highest BCUT2D eigenvalue weighted by Crippen LogP contribution is 2.22. The molecule has 72 valence electrons. The van der Waals surface area contributed by atoms with Gasteiger partial charge >= 0.3 is 0 Å². The number of H-pyrrole nitrogens is 1. The van der Waals surface area contributed by atoms with Crippen LogP contribution in [0.3, 0.4) is 0 Å². The van der Waals surface area contributed by atoms with Crippen LogP contribution in [0.1, 0.15) is 0 Å². The summed E-state index contributed by atoms with van der Waals surface area (Å²) in [5.74, 6) is 0. The number of halogens is 1. The number of benzene rings is 1. The highest BCUT2D eigenvalue weighted by molar-refractivity contribution is 6.35. The first kappa shape index (κ1) is 9.05. The molecule has 2 rings (SSSR count). The zero-order valence-electron chi connectivity index (χ0n) is 7.04. The van der Waals surface area contributed by atoms with Gasteiger partial charge in [0.2, 0.25) is 5.56 Å². The largest absolute Gasteiger partial charge is 0.322 e. The van der Waals surface area contributed by atoms with Gasteiger partial charge in [-0.25, -0.2) is 0 Å². The van der Waals surface area contributed by atoms with Crippen LogP contribution in [0.5, 0.6) is 0 Å². The van der Waals surface area contributed by atoms with E-state index in [0.717, 1.165) is 0 Å². The molecule has 0 unspecified atom stereocenters. The summed E-state index contributed by atoms with van der Waals surface area (Å²) < 4.78 is 0. The Morgan fingerprint density at radius 3 is 2.86 bits per heavy atom. The predicted octanol–water partition coefficient (Wildman–Crippen LogP) is 1.98. The summed E-state index contributed by atoms with van der Waals surface area (Å²) in [6.45, 7) is 0. The third-order valence-corrected chi connectivity index (χ3v) is 2.23. The summed E-state index contributed by atoms with van der Waals surface area (Å²) in [5, 5.41) is 9.72. The van der Waals surface area contributed by atoms with Crippen molar-refractivity contribution in [2.24, 2.45) is 0 Å². The molecule has 0 atom stereocenters. The molecule has 0 radical (unpaired) electrons. The zero-order chi connectivity index (χ0) is 10.1. The smallest absolute Gasteiger partial charge is 0.249 e. The maximum Gasteiger partial charge on any atom is 0.249 e. The highest BCUT2D eigenvalue weighted by atomic mass is 35.5. The highest BCUT2D eigenvalue weighted by Gasteiger charge is 2.01. The Balaban J connectivity index is 2.82. The molecule has 0 fully saturated rings. The Labute approximate surface area is 84.1 Å². The third-order valence-electron chi connectivity index (χ3n) is 1.92. The van der Waals surface area contributed by atoms with Crippen molar-refractivity contribution < 1.29 is 5.21 Å². The fraction of sp³-hybridized carbons (Fsp3) is 0. The predicted molar refractivity (Wildman–Crippen MR) is 55.0 cm³/mol. The summed E-state index contributed by atoms with van der Waals surface area (Å²) in [6.07, 6.45) is 0. The molecule has 0 aliphatic carbocycles. The van der Waals surface area contributed by atoms with E-state index in [2.05, 4.69) is 4.98 Å². The molecule has 4 nitrogen and oxygen atoms in total. The van der Waals surface area contributed by atoms with Crippen molar-refractivity contribution in [3.8, 4) is 0 Å². The van der Waals surface area contributed by atoms with Crippen molar-refractivity contribution in [2.75, 3.05) is 5.48 Å². The SMILES string of the molecule is O=c1cc(Cl)c2cc(NO)ccc2[nH]1. The van der Waals surface area contributed by atoms with Crippen molar-refractivity contribution in [1.29, 1.82) is 0 Å². The van der Waals surface area contributed by atoms with Gasteiger partial charge in [0.05, 0.1) is 10.7 Å². The second-order valence-corrected chi connectivity index (χ2v) is 3.26. The summed E-state index contributed by atoms with van der Waals surface area (Å²) in [4.78, 5) is 13.7. The number of aromatic amines is 1. The van der Waals surface area contributed by atoms with Gasteiger partial charge in [-0.05, 0) is 18.2 Å². The molecule has 0 spiro atoms. The van der Waals surface area contributed by atoms with E-state index in [4.69, 9.17) is 16.8 Å². The molecular formula is C9H7ClN2O2. The molecule has 1 aromatic carbocycles. The first-order chi connectivity index (χ1) is 6.70. The first-order valence-electron chi connectivity index (χ1n) is 3.93. The molecule has 0 amide bonds. The van der Waals surface area contributed by atoms with E-state index in [1.54, 1.807) is 18.2 Å². The van der Waals surface area contributed by atoms with Crippen molar-refractivity contribution in [3.63, 3.8) is 0 Å². The van der Waals surface area contributed by atoms with E-state index in [1.165, 1.54) is 6.07 Å². The Bertz CT molecular complexity index is 536. The number of pyridine rings is 1. The fourth-order valence-electron chi connectivity index (χ4n) is 1.28. The molecule has 3 N–H and O–H groups in total. The molecule has 1 aromatic heterocycles. The Kier molecular flexibility index (Phi) is 2.15. The van der Waals surface area contributed by atoms with E-state index in [9.17, 15) is 4.79 Å². The Morgan fingerprint density at radius 2 is 2.14 bits per heavy atom. The van der Waals surface area contributed by atoms with Crippen molar-refractivity contribution in [3.05, 3.63) is 39.6 Å². The van der Waals surface area contributed by atoms with Gasteiger partial charge < -0.3 is 4.98 Å². The lowest BCUT2D eigenvalue weighted by Gasteiger charge is -2.02. The van der Waals surface area contributed by atoms with Gasteiger partial charge in [-0.1, -0.05) is 11.6 Å². The van der Waals surface area contributed by atoms with E-state index in [0.29, 0.717) is 21.6 Å². The number of hydrogen-bond donors (Lipinski definition) is 3. The van der Waals surface area contributed by atoms with E-state index in [-0.39, 0.29) is 5.56 Å². The molecule has 0 saturated heterocycles. The summed E-state index contributed by atoms with van der Waals surface area (Å²) in [5.41, 5.74) is 2.93. The molecule has 2 aromatic rings. The second-order valence-electron chi connectivity index (χ2n) is 2.85. The summed E-state index contributed by atoms with van der Waals surface area (Å²) >= 11 is 5.86. The monoisotopic (exact) mass is 210 g/mol. The van der Waals surface area contributed by atoms with Crippen LogP contribution in [-0.4, -0.2) is 10.2 Å². The average molecular weight is 211 g/mol. The van der Waals surface area contributed by atoms with Crippen LogP contribution in [0.2, 0.25) is 5.02 Å². The number of fused-ring (bicyclic) bond motifs is 1. The van der Waals surface area contributed by atoms with Crippen LogP contribution in [0.15, 0.2) is 29.1 Å². The molecule has 0 aliphatic heterocycles. The molecule has 0 aliphatic rings. The number of hydrogen-bond acceptors (Lipinski definition) is 3. The quantitative estimate of drug-likeness (QED) is 0.631. The van der Waals surface area contributed by atoms with Crippen LogP contribution < -0.4 is 11.0 Å². The molecule has 0 saturated carbocycles. The van der Waals surface area contributed by atoms with Gasteiger partial charge in [0, 0.05) is 17.0 Å². The van der Waals surface area contributed by atoms with Gasteiger partial charge in [-0.3, -0.25) is 15.5 Å². The van der Waals surface area contributed by atoms with Gasteiger partial charge in [-0.2, -0.15) is 0 Å². The van der Waals surface area contributed by atoms with E-state index >= 15 is 0 Å².